The number of aliphatic hydroxyl groups is 1. The molecule has 0 spiro atoms. The molecule has 1 saturated heterocycles. The van der Waals surface area contributed by atoms with E-state index in [1.54, 1.807) is 13.2 Å². The van der Waals surface area contributed by atoms with E-state index in [4.69, 9.17) is 10.5 Å². The van der Waals surface area contributed by atoms with E-state index < -0.39 is 11.6 Å². The largest absolute Gasteiger partial charge is 0.497 e. The molecule has 2 aromatic carbocycles. The lowest BCUT2D eigenvalue weighted by atomic mass is 9.81. The first-order chi connectivity index (χ1) is 16.8. The Balaban J connectivity index is 1.52. The number of methoxy groups -OCH3 is 1. The van der Waals surface area contributed by atoms with Crippen molar-refractivity contribution in [3.8, 4) is 5.75 Å². The monoisotopic (exact) mass is 483 g/mol. The first-order valence-electron chi connectivity index (χ1n) is 12.7. The summed E-state index contributed by atoms with van der Waals surface area (Å²) < 4.78 is 18.7. The molecule has 2 fully saturated rings. The number of halogens is 1. The number of carbonyl (C=O) groups excluding carboxylic acids is 1. The van der Waals surface area contributed by atoms with E-state index in [-0.39, 0.29) is 24.3 Å². The number of nitrogens with zero attached hydrogens (tertiary/aromatic N) is 2. The molecule has 0 bridgehead atoms. The van der Waals surface area contributed by atoms with Crippen molar-refractivity contribution < 1.29 is 19.0 Å². The van der Waals surface area contributed by atoms with Crippen molar-refractivity contribution in [1.29, 1.82) is 0 Å². The van der Waals surface area contributed by atoms with Gasteiger partial charge in [-0.25, -0.2) is 9.18 Å². The molecule has 1 heterocycles. The average Bonchev–Trinajstić information content (AvgIpc) is 3.40. The molecule has 2 amide bonds. The Labute approximate surface area is 207 Å². The number of piperidine rings is 1. The fourth-order valence-electron chi connectivity index (χ4n) is 5.96. The van der Waals surface area contributed by atoms with Crippen LogP contribution >= 0.6 is 0 Å². The second-order valence-corrected chi connectivity index (χ2v) is 10.3. The summed E-state index contributed by atoms with van der Waals surface area (Å²) in [5, 5.41) is 12.1. The lowest BCUT2D eigenvalue weighted by Crippen LogP contribution is -2.59. The maximum absolute atomic E-state index is 13.4. The number of anilines is 1. The van der Waals surface area contributed by atoms with Gasteiger partial charge in [0, 0.05) is 24.3 Å². The second kappa shape index (κ2) is 11.0. The Morgan fingerprint density at radius 2 is 1.91 bits per heavy atom. The molecular formula is C28H38FN3O3. The lowest BCUT2D eigenvalue weighted by molar-refractivity contribution is -0.0509. The first kappa shape index (κ1) is 25.5. The zero-order valence-corrected chi connectivity index (χ0v) is 20.8. The van der Waals surface area contributed by atoms with Crippen molar-refractivity contribution in [2.45, 2.75) is 63.0 Å². The van der Waals surface area contributed by atoms with Gasteiger partial charge in [-0.3, -0.25) is 9.80 Å². The number of benzene rings is 2. The van der Waals surface area contributed by atoms with Gasteiger partial charge in [0.2, 0.25) is 0 Å². The summed E-state index contributed by atoms with van der Waals surface area (Å²) in [7, 11) is 1.58. The molecule has 7 heteroatoms. The van der Waals surface area contributed by atoms with E-state index in [0.717, 1.165) is 45.1 Å². The fraction of sp³-hybridized carbons (Fsp3) is 0.536. The molecule has 2 aliphatic rings. The number of amides is 2. The topological polar surface area (TPSA) is 79.0 Å². The van der Waals surface area contributed by atoms with Crippen molar-refractivity contribution in [3.05, 3.63) is 59.9 Å². The highest BCUT2D eigenvalue weighted by Crippen LogP contribution is 2.39. The summed E-state index contributed by atoms with van der Waals surface area (Å²) in [6.45, 7) is 3.67. The molecule has 0 radical (unpaired) electrons. The minimum atomic E-state index is -1.08. The van der Waals surface area contributed by atoms with Gasteiger partial charge in [-0.05, 0) is 80.8 Å². The zero-order chi connectivity index (χ0) is 25.0. The van der Waals surface area contributed by atoms with Gasteiger partial charge in [0.1, 0.15) is 11.6 Å². The molecule has 35 heavy (non-hydrogen) atoms. The summed E-state index contributed by atoms with van der Waals surface area (Å²) in [6, 6.07) is 13.7. The molecule has 4 rings (SSSR count). The number of rotatable bonds is 8. The number of ether oxygens (including phenoxy) is 1. The van der Waals surface area contributed by atoms with Crippen LogP contribution < -0.4 is 15.4 Å². The molecular weight excluding hydrogens is 445 g/mol. The predicted molar refractivity (Wildman–Crippen MR) is 136 cm³/mol. The number of likely N-dealkylation sites (tertiary alicyclic amines) is 1. The Morgan fingerprint density at radius 3 is 2.54 bits per heavy atom. The fourth-order valence-corrected chi connectivity index (χ4v) is 5.96. The maximum atomic E-state index is 13.4. The van der Waals surface area contributed by atoms with Crippen LogP contribution in [0.1, 0.15) is 56.9 Å². The number of carbonyl (C=O) groups is 1. The van der Waals surface area contributed by atoms with Crippen molar-refractivity contribution in [2.75, 3.05) is 31.6 Å². The summed E-state index contributed by atoms with van der Waals surface area (Å²) in [4.78, 5) is 16.4. The summed E-state index contributed by atoms with van der Waals surface area (Å²) in [5.74, 6) is 0.905. The number of urea groups is 1. The second-order valence-electron chi connectivity index (χ2n) is 10.3. The highest BCUT2D eigenvalue weighted by atomic mass is 19.1. The third-order valence-electron chi connectivity index (χ3n) is 8.01. The van der Waals surface area contributed by atoms with Gasteiger partial charge in [-0.1, -0.05) is 31.0 Å². The first-order valence-corrected chi connectivity index (χ1v) is 12.7. The van der Waals surface area contributed by atoms with Crippen molar-refractivity contribution in [3.63, 3.8) is 0 Å². The van der Waals surface area contributed by atoms with Crippen LogP contribution in [0.4, 0.5) is 14.9 Å². The Kier molecular flexibility index (Phi) is 7.97. The quantitative estimate of drug-likeness (QED) is 0.559. The predicted octanol–water partition coefficient (Wildman–Crippen LogP) is 4.91. The standard InChI is InChI=1S/C28H38FN3O3/c1-20-16-22(21-10-12-24(29)13-11-21)14-15-31(20)18-28(34,23-6-3-4-7-23)19-32(27(30)33)25-8-5-9-26(17-25)35-2/h5,8-13,17,20,22-23,34H,3-4,6-7,14-16,18-19H2,1-2H3,(H2,30,33)/t20?,22?,28-/m0/s1. The number of hydrogen-bond donors (Lipinski definition) is 2. The van der Waals surface area contributed by atoms with Gasteiger partial charge >= 0.3 is 6.03 Å². The molecule has 3 atom stereocenters. The van der Waals surface area contributed by atoms with E-state index >= 15 is 0 Å². The van der Waals surface area contributed by atoms with E-state index in [1.165, 1.54) is 22.6 Å². The van der Waals surface area contributed by atoms with Crippen LogP contribution in [0.25, 0.3) is 0 Å². The van der Waals surface area contributed by atoms with Crippen LogP contribution in [0.3, 0.4) is 0 Å². The number of nitrogens with two attached hydrogens (primary N) is 1. The molecule has 3 N–H and O–H groups in total. The summed E-state index contributed by atoms with van der Waals surface area (Å²) >= 11 is 0. The lowest BCUT2D eigenvalue weighted by Gasteiger charge is -2.45. The van der Waals surface area contributed by atoms with Crippen molar-refractivity contribution in [1.82, 2.24) is 4.90 Å². The van der Waals surface area contributed by atoms with E-state index in [9.17, 15) is 14.3 Å². The highest BCUT2D eigenvalue weighted by Gasteiger charge is 2.43. The number of hydrogen-bond acceptors (Lipinski definition) is 4. The van der Waals surface area contributed by atoms with Crippen LogP contribution in [-0.2, 0) is 0 Å². The van der Waals surface area contributed by atoms with Crippen LogP contribution in [-0.4, -0.2) is 54.4 Å². The Bertz CT molecular complexity index is 995. The normalized spacial score (nSPS) is 23.1. The van der Waals surface area contributed by atoms with Crippen LogP contribution in [0.5, 0.6) is 5.75 Å². The van der Waals surface area contributed by atoms with Crippen molar-refractivity contribution >= 4 is 11.7 Å². The zero-order valence-electron chi connectivity index (χ0n) is 20.8. The molecule has 2 unspecified atom stereocenters. The van der Waals surface area contributed by atoms with Crippen LogP contribution in [0.15, 0.2) is 48.5 Å². The molecule has 2 aromatic rings. The van der Waals surface area contributed by atoms with E-state index in [1.807, 2.05) is 30.3 Å². The number of primary amides is 1. The molecule has 190 valence electrons. The van der Waals surface area contributed by atoms with E-state index in [2.05, 4.69) is 11.8 Å². The average molecular weight is 484 g/mol. The van der Waals surface area contributed by atoms with Gasteiger partial charge in [0.05, 0.1) is 19.3 Å². The SMILES string of the molecule is COc1cccc(N(C[C@@](O)(CN2CCC(c3ccc(F)cc3)CC2C)C2CCCC2)C(N)=O)c1. The third-order valence-corrected chi connectivity index (χ3v) is 8.01. The highest BCUT2D eigenvalue weighted by molar-refractivity contribution is 5.91. The Morgan fingerprint density at radius 1 is 1.20 bits per heavy atom. The van der Waals surface area contributed by atoms with Gasteiger partial charge in [0.25, 0.3) is 0 Å². The van der Waals surface area contributed by atoms with Crippen LogP contribution in [0.2, 0.25) is 0 Å². The smallest absolute Gasteiger partial charge is 0.319 e. The Hall–Kier alpha value is -2.64. The van der Waals surface area contributed by atoms with Crippen LogP contribution in [0, 0.1) is 11.7 Å². The molecule has 0 aromatic heterocycles. The third kappa shape index (κ3) is 5.96. The van der Waals surface area contributed by atoms with Crippen molar-refractivity contribution in [2.24, 2.45) is 11.7 Å². The summed E-state index contributed by atoms with van der Waals surface area (Å²) in [6.07, 6.45) is 5.97. The van der Waals surface area contributed by atoms with Gasteiger partial charge in [-0.2, -0.15) is 0 Å². The minimum absolute atomic E-state index is 0.108. The molecule has 1 aliphatic heterocycles. The summed E-state index contributed by atoms with van der Waals surface area (Å²) in [5.41, 5.74) is 6.53. The van der Waals surface area contributed by atoms with E-state index in [0.29, 0.717) is 23.9 Å². The molecule has 1 saturated carbocycles. The van der Waals surface area contributed by atoms with Gasteiger partial charge < -0.3 is 15.6 Å². The number of β-amino-alcohol motifs (C(OH)–C–C–N with tert-alkyl or cyclic N) is 1. The minimum Gasteiger partial charge on any atom is -0.497 e. The van der Waals surface area contributed by atoms with Gasteiger partial charge in [0.15, 0.2) is 0 Å². The maximum Gasteiger partial charge on any atom is 0.319 e. The molecule has 1 aliphatic carbocycles. The van der Waals surface area contributed by atoms with Gasteiger partial charge in [-0.15, -0.1) is 0 Å². The molecule has 6 nitrogen and oxygen atoms in total.